The molecule has 82 valence electrons. The first-order valence-corrected chi connectivity index (χ1v) is 5.47. The third-order valence-electron chi connectivity index (χ3n) is 2.67. The Balaban J connectivity index is 2.42. The van der Waals surface area contributed by atoms with Gasteiger partial charge in [-0.05, 0) is 0 Å². The van der Waals surface area contributed by atoms with Crippen molar-refractivity contribution >= 4 is 0 Å². The molecule has 0 radical (unpaired) electrons. The van der Waals surface area contributed by atoms with Gasteiger partial charge in [-0.25, -0.2) is 0 Å². The van der Waals surface area contributed by atoms with Gasteiger partial charge in [0.05, 0.1) is 55.4 Å². The molecule has 0 fully saturated rings. The van der Waals surface area contributed by atoms with E-state index >= 15 is 0 Å². The van der Waals surface area contributed by atoms with Crippen molar-refractivity contribution in [3.8, 4) is 0 Å². The Morgan fingerprint density at radius 1 is 0.714 bits per heavy atom. The molecule has 0 spiro atoms. The highest BCUT2D eigenvalue weighted by molar-refractivity contribution is 5.09. The van der Waals surface area contributed by atoms with Gasteiger partial charge in [-0.1, -0.05) is 12.2 Å². The van der Waals surface area contributed by atoms with Gasteiger partial charge in [0.2, 0.25) is 0 Å². The zero-order chi connectivity index (χ0) is 11.0. The number of rotatable bonds is 4. The smallest absolute Gasteiger partial charge is 0.0852 e. The normalized spacial score (nSPS) is 27.6. The fourth-order valence-corrected chi connectivity index (χ4v) is 2.08. The summed E-state index contributed by atoms with van der Waals surface area (Å²) >= 11 is 0. The summed E-state index contributed by atoms with van der Waals surface area (Å²) in [6.07, 6.45) is 4.76. The van der Waals surface area contributed by atoms with Crippen molar-refractivity contribution in [2.24, 2.45) is 11.8 Å². The van der Waals surface area contributed by atoms with E-state index in [9.17, 15) is 0 Å². The van der Waals surface area contributed by atoms with E-state index in [1.54, 1.807) is 0 Å². The second-order valence-corrected chi connectivity index (χ2v) is 6.66. The Hall–Kier alpha value is -0.340. The van der Waals surface area contributed by atoms with Crippen molar-refractivity contribution in [1.29, 1.82) is 0 Å². The van der Waals surface area contributed by atoms with E-state index < -0.39 is 0 Å². The van der Waals surface area contributed by atoms with Gasteiger partial charge in [0.25, 0.3) is 0 Å². The van der Waals surface area contributed by atoms with Crippen LogP contribution in [0.1, 0.15) is 0 Å². The molecule has 0 aliphatic heterocycles. The topological polar surface area (TPSA) is 0 Å². The molecule has 0 aromatic rings. The summed E-state index contributed by atoms with van der Waals surface area (Å²) in [5.74, 6) is 1.60. The lowest BCUT2D eigenvalue weighted by atomic mass is 9.81. The van der Waals surface area contributed by atoms with Gasteiger partial charge in [-0.15, -0.1) is 0 Å². The lowest BCUT2D eigenvalue weighted by Gasteiger charge is -2.38. The van der Waals surface area contributed by atoms with E-state index in [0.29, 0.717) is 0 Å². The van der Waals surface area contributed by atoms with Crippen LogP contribution in [0.15, 0.2) is 12.2 Å². The van der Waals surface area contributed by atoms with E-state index in [1.165, 1.54) is 13.1 Å². The van der Waals surface area contributed by atoms with Crippen LogP contribution in [0.5, 0.6) is 0 Å². The zero-order valence-electron chi connectivity index (χ0n) is 10.6. The summed E-state index contributed by atoms with van der Waals surface area (Å²) in [6, 6.07) is 0. The molecule has 0 aromatic carbocycles. The quantitative estimate of drug-likeness (QED) is 0.470. The fourth-order valence-electron chi connectivity index (χ4n) is 2.08. The van der Waals surface area contributed by atoms with Crippen LogP contribution in [0.2, 0.25) is 0 Å². The molecule has 2 atom stereocenters. The average molecular weight is 198 g/mol. The highest BCUT2D eigenvalue weighted by Gasteiger charge is 2.32. The van der Waals surface area contributed by atoms with Crippen LogP contribution in [0.3, 0.4) is 0 Å². The molecule has 1 aliphatic rings. The highest BCUT2D eigenvalue weighted by atomic mass is 15.3. The monoisotopic (exact) mass is 198 g/mol. The summed E-state index contributed by atoms with van der Waals surface area (Å²) < 4.78 is 2.14. The molecule has 0 bridgehead atoms. The minimum Gasteiger partial charge on any atom is -0.330 e. The van der Waals surface area contributed by atoms with Crippen molar-refractivity contribution in [2.45, 2.75) is 0 Å². The Labute approximate surface area is 89.0 Å². The van der Waals surface area contributed by atoms with Crippen molar-refractivity contribution < 1.29 is 8.97 Å². The van der Waals surface area contributed by atoms with E-state index in [1.807, 2.05) is 0 Å². The minimum atomic E-state index is 0.798. The number of quaternary nitrogens is 2. The summed E-state index contributed by atoms with van der Waals surface area (Å²) in [7, 11) is 13.6. The van der Waals surface area contributed by atoms with E-state index in [4.69, 9.17) is 0 Å². The summed E-state index contributed by atoms with van der Waals surface area (Å²) in [5, 5.41) is 0. The van der Waals surface area contributed by atoms with Gasteiger partial charge < -0.3 is 8.97 Å². The van der Waals surface area contributed by atoms with E-state index in [-0.39, 0.29) is 0 Å². The fraction of sp³-hybridized carbons (Fsp3) is 0.833. The molecule has 0 saturated heterocycles. The van der Waals surface area contributed by atoms with E-state index in [2.05, 4.69) is 54.4 Å². The maximum atomic E-state index is 2.38. The summed E-state index contributed by atoms with van der Waals surface area (Å²) in [5.41, 5.74) is 0. The van der Waals surface area contributed by atoms with Crippen molar-refractivity contribution in [1.82, 2.24) is 0 Å². The summed E-state index contributed by atoms with van der Waals surface area (Å²) in [6.45, 7) is 2.53. The van der Waals surface area contributed by atoms with Gasteiger partial charge in [-0.2, -0.15) is 0 Å². The van der Waals surface area contributed by atoms with Crippen molar-refractivity contribution in [3.63, 3.8) is 0 Å². The molecule has 0 heterocycles. The van der Waals surface area contributed by atoms with Crippen LogP contribution in [0.25, 0.3) is 0 Å². The van der Waals surface area contributed by atoms with Crippen LogP contribution in [-0.2, 0) is 0 Å². The minimum absolute atomic E-state index is 0.798. The third kappa shape index (κ3) is 3.81. The Morgan fingerprint density at radius 2 is 1.00 bits per heavy atom. The number of nitrogens with zero attached hydrogens (tertiary/aromatic N) is 2. The average Bonchev–Trinajstić information content (AvgIpc) is 1.91. The lowest BCUT2D eigenvalue weighted by molar-refractivity contribution is -0.882. The molecular weight excluding hydrogens is 172 g/mol. The lowest BCUT2D eigenvalue weighted by Crippen LogP contribution is -2.47. The van der Waals surface area contributed by atoms with Crippen LogP contribution in [-0.4, -0.2) is 64.3 Å². The standard InChI is InChI=1S/C12H26N2/c1-13(2,3)9-11-7-8-12(11)10-14(4,5)6/h7-8,11-12H,9-10H2,1-6H3/q+2. The molecule has 0 aromatic heterocycles. The molecular formula is C12H26N2+2. The Bertz CT molecular complexity index is 193. The van der Waals surface area contributed by atoms with Crippen molar-refractivity contribution in [3.05, 3.63) is 12.2 Å². The van der Waals surface area contributed by atoms with Crippen LogP contribution >= 0.6 is 0 Å². The first kappa shape index (κ1) is 11.7. The number of hydrogen-bond donors (Lipinski definition) is 0. The molecule has 0 amide bonds. The maximum Gasteiger partial charge on any atom is 0.0852 e. The van der Waals surface area contributed by atoms with Crippen LogP contribution < -0.4 is 0 Å². The highest BCUT2D eigenvalue weighted by Crippen LogP contribution is 2.28. The SMILES string of the molecule is C[N+](C)(C)CC1C=CC1C[N+](C)(C)C. The second kappa shape index (κ2) is 3.67. The maximum absolute atomic E-state index is 2.38. The van der Waals surface area contributed by atoms with Gasteiger partial charge in [0.15, 0.2) is 0 Å². The third-order valence-corrected chi connectivity index (χ3v) is 2.67. The first-order chi connectivity index (χ1) is 6.17. The van der Waals surface area contributed by atoms with E-state index in [0.717, 1.165) is 20.8 Å². The first-order valence-electron chi connectivity index (χ1n) is 5.47. The van der Waals surface area contributed by atoms with Gasteiger partial charge in [0.1, 0.15) is 0 Å². The molecule has 0 saturated carbocycles. The Kier molecular flexibility index (Phi) is 3.07. The number of hydrogen-bond acceptors (Lipinski definition) is 0. The molecule has 2 heteroatoms. The van der Waals surface area contributed by atoms with Gasteiger partial charge >= 0.3 is 0 Å². The zero-order valence-corrected chi connectivity index (χ0v) is 10.6. The van der Waals surface area contributed by atoms with Crippen molar-refractivity contribution in [2.75, 3.05) is 55.4 Å². The molecule has 2 unspecified atom stereocenters. The second-order valence-electron chi connectivity index (χ2n) is 6.66. The largest absolute Gasteiger partial charge is 0.330 e. The van der Waals surface area contributed by atoms with Crippen LogP contribution in [0.4, 0.5) is 0 Å². The molecule has 14 heavy (non-hydrogen) atoms. The van der Waals surface area contributed by atoms with Crippen LogP contribution in [0, 0.1) is 11.8 Å². The Morgan fingerprint density at radius 3 is 1.14 bits per heavy atom. The molecule has 0 N–H and O–H groups in total. The molecule has 1 rings (SSSR count). The van der Waals surface area contributed by atoms with Gasteiger partial charge in [0, 0.05) is 11.8 Å². The molecule has 2 nitrogen and oxygen atoms in total. The predicted molar refractivity (Wildman–Crippen MR) is 61.9 cm³/mol. The van der Waals surface area contributed by atoms with Gasteiger partial charge in [-0.3, -0.25) is 0 Å². The summed E-state index contributed by atoms with van der Waals surface area (Å²) in [4.78, 5) is 0. The molecule has 1 aliphatic carbocycles. The predicted octanol–water partition coefficient (Wildman–Crippen LogP) is 1.20.